The number of benzene rings is 5. The summed E-state index contributed by atoms with van der Waals surface area (Å²) in [6.07, 6.45) is 1.51. The van der Waals surface area contributed by atoms with Crippen LogP contribution in [0.5, 0.6) is 0 Å². The van der Waals surface area contributed by atoms with Gasteiger partial charge in [0.1, 0.15) is 5.70 Å². The summed E-state index contributed by atoms with van der Waals surface area (Å²) in [6, 6.07) is 36.2. The van der Waals surface area contributed by atoms with Crippen LogP contribution in [0.3, 0.4) is 0 Å². The zero-order valence-electron chi connectivity index (χ0n) is 26.1. The van der Waals surface area contributed by atoms with Crippen LogP contribution in [0.2, 0.25) is 10.0 Å². The van der Waals surface area contributed by atoms with Gasteiger partial charge in [-0.05, 0) is 96.6 Å². The molecular weight excluding hydrogens is 693 g/mol. The van der Waals surface area contributed by atoms with Crippen LogP contribution in [0.25, 0.3) is 6.08 Å². The molecule has 12 heteroatoms. The lowest BCUT2D eigenvalue weighted by Gasteiger charge is -2.15. The van der Waals surface area contributed by atoms with E-state index < -0.39 is 17.1 Å². The molecule has 1 saturated heterocycles. The number of halogens is 2. The van der Waals surface area contributed by atoms with E-state index in [1.165, 1.54) is 22.7 Å². The number of amides is 4. The number of carbonyl (C=O) groups is 4. The van der Waals surface area contributed by atoms with Gasteiger partial charge in [0.15, 0.2) is 0 Å². The number of thioether (sulfide) groups is 1. The summed E-state index contributed by atoms with van der Waals surface area (Å²) in [5.41, 5.74) is 3.02. The number of nitrogens with one attached hydrogen (secondary N) is 2. The summed E-state index contributed by atoms with van der Waals surface area (Å²) in [4.78, 5) is 54.5. The predicted molar refractivity (Wildman–Crippen MR) is 197 cm³/mol. The number of hydrogen-bond donors (Lipinski definition) is 2. The normalized spacial score (nSPS) is 14.6. The highest BCUT2D eigenvalue weighted by atomic mass is 35.5. The number of nitrogens with zero attached hydrogens (tertiary/aromatic N) is 3. The van der Waals surface area contributed by atoms with E-state index in [1.807, 2.05) is 30.3 Å². The maximum atomic E-state index is 13.4. The minimum Gasteiger partial charge on any atom is -0.321 e. The van der Waals surface area contributed by atoms with Gasteiger partial charge in [-0.1, -0.05) is 65.7 Å². The Morgan fingerprint density at radius 1 is 0.780 bits per heavy atom. The summed E-state index contributed by atoms with van der Waals surface area (Å²) in [5, 5.41) is 14.0. The van der Waals surface area contributed by atoms with Crippen molar-refractivity contribution in [2.45, 2.75) is 16.6 Å². The molecule has 1 fully saturated rings. The fourth-order valence-electron chi connectivity index (χ4n) is 4.94. The highest BCUT2D eigenvalue weighted by molar-refractivity contribution is 8.00. The first kappa shape index (κ1) is 34.3. The molecule has 0 radical (unpaired) electrons. The minimum absolute atomic E-state index is 0.0380. The maximum absolute atomic E-state index is 13.4. The molecule has 1 atom stereocenters. The molecule has 248 valence electrons. The first-order valence-corrected chi connectivity index (χ1v) is 16.9. The average Bonchev–Trinajstić information content (AvgIpc) is 3.41. The molecule has 0 bridgehead atoms. The number of rotatable bonds is 10. The van der Waals surface area contributed by atoms with Gasteiger partial charge in [0.25, 0.3) is 11.8 Å². The Hall–Kier alpha value is -5.55. The Kier molecular flexibility index (Phi) is 10.8. The van der Waals surface area contributed by atoms with Crippen LogP contribution in [0.4, 0.5) is 22.7 Å². The van der Waals surface area contributed by atoms with Gasteiger partial charge >= 0.3 is 0 Å². The molecule has 1 aliphatic rings. The van der Waals surface area contributed by atoms with Gasteiger partial charge in [0, 0.05) is 32.6 Å². The van der Waals surface area contributed by atoms with Gasteiger partial charge in [-0.3, -0.25) is 19.2 Å². The molecule has 0 spiro atoms. The molecule has 0 aliphatic carbocycles. The molecule has 0 aromatic heterocycles. The summed E-state index contributed by atoms with van der Waals surface area (Å²) in [6.45, 7) is 0. The van der Waals surface area contributed by atoms with Gasteiger partial charge < -0.3 is 10.6 Å². The standard InChI is InChI=1S/C38H27Cl2N5O4S/c39-26-12-11-25(32(40)22-26)21-33(42-36(47)24-7-3-1-4-8-24)37(48)41-27-15-19-31(20-16-27)50-34-23-35(46)45(38(34)49)30-17-13-29(14-18-30)44-43-28-9-5-2-6-10-28/h1-22,34H,23H2,(H,41,48)(H,42,47). The zero-order valence-corrected chi connectivity index (χ0v) is 28.5. The van der Waals surface area contributed by atoms with E-state index in [2.05, 4.69) is 20.9 Å². The molecule has 4 amide bonds. The second kappa shape index (κ2) is 15.8. The first-order valence-electron chi connectivity index (χ1n) is 15.3. The zero-order chi connectivity index (χ0) is 35.0. The van der Waals surface area contributed by atoms with Crippen molar-refractivity contribution in [3.8, 4) is 0 Å². The Bertz CT molecular complexity index is 2110. The molecule has 5 aromatic rings. The van der Waals surface area contributed by atoms with Crippen LogP contribution in [-0.2, 0) is 14.4 Å². The topological polar surface area (TPSA) is 120 Å². The van der Waals surface area contributed by atoms with Gasteiger partial charge in [-0.25, -0.2) is 4.90 Å². The van der Waals surface area contributed by atoms with E-state index in [0.717, 1.165) is 4.90 Å². The van der Waals surface area contributed by atoms with E-state index in [4.69, 9.17) is 23.2 Å². The van der Waals surface area contributed by atoms with Crippen molar-refractivity contribution in [2.24, 2.45) is 10.2 Å². The second-order valence-electron chi connectivity index (χ2n) is 11.0. The number of carbonyl (C=O) groups excluding carboxylic acids is 4. The molecule has 9 nitrogen and oxygen atoms in total. The fourth-order valence-corrected chi connectivity index (χ4v) is 6.46. The Balaban J connectivity index is 1.11. The third kappa shape index (κ3) is 8.53. The fraction of sp³-hybridized carbons (Fsp3) is 0.0526. The maximum Gasteiger partial charge on any atom is 0.272 e. The predicted octanol–water partition coefficient (Wildman–Crippen LogP) is 9.24. The van der Waals surface area contributed by atoms with Gasteiger partial charge in [0.05, 0.1) is 22.3 Å². The third-order valence-corrected chi connectivity index (χ3v) is 9.19. The molecule has 50 heavy (non-hydrogen) atoms. The van der Waals surface area contributed by atoms with Crippen LogP contribution in [0, 0.1) is 0 Å². The monoisotopic (exact) mass is 719 g/mol. The highest BCUT2D eigenvalue weighted by Gasteiger charge is 2.40. The second-order valence-corrected chi connectivity index (χ2v) is 13.1. The molecule has 1 heterocycles. The van der Waals surface area contributed by atoms with Gasteiger partial charge in [-0.2, -0.15) is 10.2 Å². The third-order valence-electron chi connectivity index (χ3n) is 7.43. The summed E-state index contributed by atoms with van der Waals surface area (Å²) in [5.74, 6) is -1.67. The average molecular weight is 721 g/mol. The highest BCUT2D eigenvalue weighted by Crippen LogP contribution is 2.35. The molecule has 6 rings (SSSR count). The lowest BCUT2D eigenvalue weighted by molar-refractivity contribution is -0.121. The van der Waals surface area contributed by atoms with Crippen LogP contribution < -0.4 is 15.5 Å². The van der Waals surface area contributed by atoms with Crippen molar-refractivity contribution in [1.29, 1.82) is 0 Å². The SMILES string of the molecule is O=C(Nc1ccc(SC2CC(=O)N(c3ccc(N=Nc4ccccc4)cc3)C2=O)cc1)C(=Cc1ccc(Cl)cc1Cl)NC(=O)c1ccccc1. The number of hydrogen-bond acceptors (Lipinski definition) is 7. The van der Waals surface area contributed by atoms with Crippen molar-refractivity contribution in [3.63, 3.8) is 0 Å². The van der Waals surface area contributed by atoms with Crippen molar-refractivity contribution in [2.75, 3.05) is 10.2 Å². The number of anilines is 2. The molecule has 5 aromatic carbocycles. The molecule has 1 aliphatic heterocycles. The lowest BCUT2D eigenvalue weighted by Crippen LogP contribution is -2.31. The molecule has 1 unspecified atom stereocenters. The Labute approximate surface area is 302 Å². The summed E-state index contributed by atoms with van der Waals surface area (Å²) < 4.78 is 0. The largest absolute Gasteiger partial charge is 0.321 e. The van der Waals surface area contributed by atoms with Crippen molar-refractivity contribution in [1.82, 2.24) is 5.32 Å². The van der Waals surface area contributed by atoms with E-state index in [0.29, 0.717) is 43.9 Å². The van der Waals surface area contributed by atoms with E-state index >= 15 is 0 Å². The van der Waals surface area contributed by atoms with E-state index in [9.17, 15) is 19.2 Å². The Morgan fingerprint density at radius 2 is 1.42 bits per heavy atom. The van der Waals surface area contributed by atoms with Crippen LogP contribution >= 0.6 is 35.0 Å². The van der Waals surface area contributed by atoms with Crippen molar-refractivity contribution in [3.05, 3.63) is 154 Å². The van der Waals surface area contributed by atoms with E-state index in [-0.39, 0.29) is 23.9 Å². The number of imide groups is 1. The quantitative estimate of drug-likeness (QED) is 0.0847. The number of azo groups is 1. The van der Waals surface area contributed by atoms with Crippen molar-refractivity contribution < 1.29 is 19.2 Å². The smallest absolute Gasteiger partial charge is 0.272 e. The molecule has 2 N–H and O–H groups in total. The lowest BCUT2D eigenvalue weighted by atomic mass is 10.1. The van der Waals surface area contributed by atoms with Gasteiger partial charge in [0.2, 0.25) is 11.8 Å². The van der Waals surface area contributed by atoms with Gasteiger partial charge in [-0.15, -0.1) is 11.8 Å². The van der Waals surface area contributed by atoms with Crippen molar-refractivity contribution >= 4 is 87.4 Å². The molecule has 0 saturated carbocycles. The first-order chi connectivity index (χ1) is 24.2. The van der Waals surface area contributed by atoms with Crippen LogP contribution in [-0.4, -0.2) is 28.9 Å². The van der Waals surface area contributed by atoms with Crippen LogP contribution in [0.1, 0.15) is 22.3 Å². The summed E-state index contributed by atoms with van der Waals surface area (Å²) >= 11 is 13.6. The minimum atomic E-state index is -0.618. The summed E-state index contributed by atoms with van der Waals surface area (Å²) in [7, 11) is 0. The van der Waals surface area contributed by atoms with Crippen LogP contribution in [0.15, 0.2) is 148 Å². The Morgan fingerprint density at radius 3 is 2.08 bits per heavy atom. The molecular formula is C38H27Cl2N5O4S. The van der Waals surface area contributed by atoms with E-state index in [1.54, 1.807) is 97.1 Å².